The molecule has 2 N–H and O–H groups in total. The third-order valence-corrected chi connectivity index (χ3v) is 3.25. The molecule has 0 spiro atoms. The number of carbonyl (C=O) groups excluding carboxylic acids is 2. The molecular weight excluding hydrogens is 252 g/mol. The zero-order valence-corrected chi connectivity index (χ0v) is 11.2. The lowest BCUT2D eigenvalue weighted by molar-refractivity contribution is -0.147. The first-order valence-electron chi connectivity index (χ1n) is 6.35. The van der Waals surface area contributed by atoms with Crippen LogP contribution in [0.5, 0.6) is 0 Å². The fraction of sp³-hybridized carbons (Fsp3) is 0.750. The first-order valence-corrected chi connectivity index (χ1v) is 6.35. The smallest absolute Gasteiger partial charge is 0.326 e. The average molecular weight is 272 g/mol. The van der Waals surface area contributed by atoms with E-state index in [-0.39, 0.29) is 18.4 Å². The molecule has 0 aliphatic carbocycles. The molecule has 1 fully saturated rings. The number of urea groups is 1. The van der Waals surface area contributed by atoms with Crippen molar-refractivity contribution in [2.75, 3.05) is 20.2 Å². The van der Waals surface area contributed by atoms with Crippen LogP contribution in [0, 0.1) is 5.92 Å². The molecule has 1 aliphatic rings. The van der Waals surface area contributed by atoms with E-state index in [0.29, 0.717) is 25.8 Å². The van der Waals surface area contributed by atoms with Gasteiger partial charge in [0.25, 0.3) is 0 Å². The van der Waals surface area contributed by atoms with Gasteiger partial charge in [0.1, 0.15) is 6.04 Å². The van der Waals surface area contributed by atoms with Gasteiger partial charge < -0.3 is 20.1 Å². The number of carbonyl (C=O) groups is 3. The van der Waals surface area contributed by atoms with Gasteiger partial charge in [0.15, 0.2) is 0 Å². The van der Waals surface area contributed by atoms with Crippen molar-refractivity contribution < 1.29 is 24.2 Å². The Labute approximate surface area is 111 Å². The molecule has 1 heterocycles. The molecular formula is C12H20N2O5. The fourth-order valence-corrected chi connectivity index (χ4v) is 2.10. The average Bonchev–Trinajstić information content (AvgIpc) is 2.43. The van der Waals surface area contributed by atoms with Crippen LogP contribution in [0.25, 0.3) is 0 Å². The maximum Gasteiger partial charge on any atom is 0.326 e. The minimum absolute atomic E-state index is 0.272. The molecule has 19 heavy (non-hydrogen) atoms. The van der Waals surface area contributed by atoms with E-state index >= 15 is 0 Å². The molecule has 0 saturated carbocycles. The van der Waals surface area contributed by atoms with Crippen molar-refractivity contribution in [3.05, 3.63) is 0 Å². The normalized spacial score (nSPS) is 20.5. The molecule has 0 aromatic rings. The summed E-state index contributed by atoms with van der Waals surface area (Å²) in [6.45, 7) is 2.48. The van der Waals surface area contributed by atoms with Crippen molar-refractivity contribution in [3.63, 3.8) is 0 Å². The van der Waals surface area contributed by atoms with E-state index in [2.05, 4.69) is 10.1 Å². The topological polar surface area (TPSA) is 95.9 Å². The fourth-order valence-electron chi connectivity index (χ4n) is 2.10. The van der Waals surface area contributed by atoms with Crippen LogP contribution in [0.15, 0.2) is 0 Å². The maximum absolute atomic E-state index is 11.9. The van der Waals surface area contributed by atoms with E-state index in [4.69, 9.17) is 5.11 Å². The Morgan fingerprint density at radius 1 is 1.47 bits per heavy atom. The number of nitrogens with zero attached hydrogens (tertiary/aromatic N) is 1. The monoisotopic (exact) mass is 272 g/mol. The molecule has 1 unspecified atom stereocenters. The Morgan fingerprint density at radius 3 is 2.68 bits per heavy atom. The van der Waals surface area contributed by atoms with Crippen LogP contribution in [-0.2, 0) is 14.3 Å². The van der Waals surface area contributed by atoms with Gasteiger partial charge in [0.2, 0.25) is 0 Å². The molecule has 7 heteroatoms. The van der Waals surface area contributed by atoms with Crippen molar-refractivity contribution in [1.82, 2.24) is 10.2 Å². The summed E-state index contributed by atoms with van der Waals surface area (Å²) in [5.41, 5.74) is 0. The van der Waals surface area contributed by atoms with Gasteiger partial charge >= 0.3 is 18.0 Å². The van der Waals surface area contributed by atoms with Gasteiger partial charge in [-0.3, -0.25) is 4.79 Å². The van der Waals surface area contributed by atoms with Crippen molar-refractivity contribution in [1.29, 1.82) is 0 Å². The van der Waals surface area contributed by atoms with Gasteiger partial charge in [-0.2, -0.15) is 0 Å². The lowest BCUT2D eigenvalue weighted by atomic mass is 9.98. The number of hydrogen-bond donors (Lipinski definition) is 2. The number of carboxylic acid groups (broad SMARTS) is 1. The van der Waals surface area contributed by atoms with Gasteiger partial charge in [0, 0.05) is 13.1 Å². The highest BCUT2D eigenvalue weighted by atomic mass is 16.5. The van der Waals surface area contributed by atoms with E-state index < -0.39 is 18.0 Å². The van der Waals surface area contributed by atoms with Crippen molar-refractivity contribution >= 4 is 18.0 Å². The van der Waals surface area contributed by atoms with Crippen LogP contribution in [-0.4, -0.2) is 54.2 Å². The summed E-state index contributed by atoms with van der Waals surface area (Å²) in [4.78, 5) is 35.7. The van der Waals surface area contributed by atoms with Crippen LogP contribution in [0.3, 0.4) is 0 Å². The van der Waals surface area contributed by atoms with Crippen LogP contribution < -0.4 is 5.32 Å². The first kappa shape index (κ1) is 15.3. The van der Waals surface area contributed by atoms with Crippen LogP contribution in [0.1, 0.15) is 26.2 Å². The van der Waals surface area contributed by atoms with Crippen molar-refractivity contribution in [2.45, 2.75) is 32.2 Å². The molecule has 2 atom stereocenters. The minimum atomic E-state index is -1.06. The molecule has 0 aromatic carbocycles. The number of piperidine rings is 1. The van der Waals surface area contributed by atoms with Gasteiger partial charge in [0.05, 0.1) is 13.0 Å². The van der Waals surface area contributed by atoms with Gasteiger partial charge in [-0.1, -0.05) is 6.92 Å². The Bertz CT molecular complexity index is 358. The highest BCUT2D eigenvalue weighted by molar-refractivity contribution is 5.83. The zero-order chi connectivity index (χ0) is 14.4. The lowest BCUT2D eigenvalue weighted by Gasteiger charge is -2.32. The van der Waals surface area contributed by atoms with E-state index in [1.165, 1.54) is 12.0 Å². The number of carboxylic acids is 1. The number of ether oxygens (including phenoxy) is 1. The molecule has 2 amide bonds. The second-order valence-electron chi connectivity index (χ2n) is 4.56. The molecule has 7 nitrogen and oxygen atoms in total. The summed E-state index contributed by atoms with van der Waals surface area (Å²) in [5.74, 6) is -1.71. The molecule has 1 saturated heterocycles. The number of hydrogen-bond acceptors (Lipinski definition) is 4. The summed E-state index contributed by atoms with van der Waals surface area (Å²) in [7, 11) is 1.32. The van der Waals surface area contributed by atoms with Gasteiger partial charge in [-0.05, 0) is 19.3 Å². The van der Waals surface area contributed by atoms with Crippen molar-refractivity contribution in [3.8, 4) is 0 Å². The zero-order valence-electron chi connectivity index (χ0n) is 11.2. The Kier molecular flexibility index (Phi) is 5.59. The highest BCUT2D eigenvalue weighted by Crippen LogP contribution is 2.17. The number of methoxy groups -OCH3 is 1. The Hall–Kier alpha value is -1.79. The predicted molar refractivity (Wildman–Crippen MR) is 66.6 cm³/mol. The first-order chi connectivity index (χ1) is 8.99. The van der Waals surface area contributed by atoms with Gasteiger partial charge in [-0.15, -0.1) is 0 Å². The third-order valence-electron chi connectivity index (χ3n) is 3.25. The van der Waals surface area contributed by atoms with E-state index in [1.807, 2.05) is 0 Å². The lowest BCUT2D eigenvalue weighted by Crippen LogP contribution is -2.51. The quantitative estimate of drug-likeness (QED) is 0.724. The number of amides is 2. The highest BCUT2D eigenvalue weighted by Gasteiger charge is 2.30. The summed E-state index contributed by atoms with van der Waals surface area (Å²) in [6, 6.07) is -1.34. The molecule has 0 bridgehead atoms. The maximum atomic E-state index is 11.9. The second kappa shape index (κ2) is 6.96. The Balaban J connectivity index is 2.57. The summed E-state index contributed by atoms with van der Waals surface area (Å²) >= 11 is 0. The molecule has 108 valence electrons. The molecule has 0 radical (unpaired) electrons. The molecule has 1 rings (SSSR count). The minimum Gasteiger partial charge on any atom is -0.480 e. The number of rotatable bonds is 4. The van der Waals surface area contributed by atoms with E-state index in [9.17, 15) is 14.4 Å². The standard InChI is InChI=1S/C12H20N2O5/c1-3-9(10(15)16)13-12(18)14-6-4-5-8(7-14)11(17)19-2/h8-9H,3-7H2,1-2H3,(H,13,18)(H,15,16)/t8?,9-/m1/s1. The number of esters is 1. The SMILES string of the molecule is CC[C@@H](NC(=O)N1CCCC(C(=O)OC)C1)C(=O)O. The number of nitrogens with one attached hydrogen (secondary N) is 1. The van der Waals surface area contributed by atoms with Gasteiger partial charge in [-0.25, -0.2) is 9.59 Å². The second-order valence-corrected chi connectivity index (χ2v) is 4.56. The van der Waals surface area contributed by atoms with E-state index in [0.717, 1.165) is 0 Å². The summed E-state index contributed by atoms with van der Waals surface area (Å²) in [5, 5.41) is 11.3. The summed E-state index contributed by atoms with van der Waals surface area (Å²) in [6.07, 6.45) is 1.71. The third kappa shape index (κ3) is 4.11. The van der Waals surface area contributed by atoms with Crippen LogP contribution in [0.2, 0.25) is 0 Å². The summed E-state index contributed by atoms with van der Waals surface area (Å²) < 4.78 is 4.67. The van der Waals surface area contributed by atoms with E-state index in [1.54, 1.807) is 6.92 Å². The number of likely N-dealkylation sites (tertiary alicyclic amines) is 1. The predicted octanol–water partition coefficient (Wildman–Crippen LogP) is 0.444. The van der Waals surface area contributed by atoms with Crippen LogP contribution in [0.4, 0.5) is 4.79 Å². The largest absolute Gasteiger partial charge is 0.480 e. The number of aliphatic carboxylic acids is 1. The van der Waals surface area contributed by atoms with Crippen molar-refractivity contribution in [2.24, 2.45) is 5.92 Å². The molecule has 1 aliphatic heterocycles. The molecule has 0 aromatic heterocycles. The Morgan fingerprint density at radius 2 is 2.16 bits per heavy atom. The van der Waals surface area contributed by atoms with Crippen LogP contribution >= 0.6 is 0 Å².